The Hall–Kier alpha value is -1.04. The predicted octanol–water partition coefficient (Wildman–Crippen LogP) is 1.79. The Labute approximate surface area is 131 Å². The number of nitrogens with two attached hydrogens (primary N) is 1. The Morgan fingerprint density at radius 3 is 2.24 bits per heavy atom. The van der Waals surface area contributed by atoms with Crippen molar-refractivity contribution in [2.45, 2.75) is 51.2 Å². The lowest BCUT2D eigenvalue weighted by Gasteiger charge is -2.29. The number of likely N-dealkylation sites (tertiary alicyclic amines) is 1. The maximum absolute atomic E-state index is 12.0. The summed E-state index contributed by atoms with van der Waals surface area (Å²) in [5.74, 6) is -0.0330. The first-order chi connectivity index (χ1) is 10.0. The van der Waals surface area contributed by atoms with Crippen LogP contribution in [0.1, 0.15) is 46.0 Å². The molecule has 1 heterocycles. The van der Waals surface area contributed by atoms with Gasteiger partial charge in [-0.25, -0.2) is 0 Å². The highest BCUT2D eigenvalue weighted by atomic mass is 32.2. The van der Waals surface area contributed by atoms with Crippen molar-refractivity contribution < 1.29 is 14.4 Å². The summed E-state index contributed by atoms with van der Waals surface area (Å²) < 4.78 is 0. The Morgan fingerprint density at radius 1 is 1.24 bits per heavy atom. The van der Waals surface area contributed by atoms with Gasteiger partial charge in [0.1, 0.15) is 0 Å². The molecule has 1 atom stereocenters. The molecule has 0 radical (unpaired) electrons. The third kappa shape index (κ3) is 4.46. The minimum absolute atomic E-state index is 0.0276. The van der Waals surface area contributed by atoms with E-state index in [2.05, 4.69) is 0 Å². The fourth-order valence-corrected chi connectivity index (χ4v) is 3.55. The molecule has 0 aromatic heterocycles. The number of imide groups is 1. The van der Waals surface area contributed by atoms with Crippen LogP contribution in [-0.2, 0) is 14.4 Å². The van der Waals surface area contributed by atoms with Gasteiger partial charge in [0.05, 0.1) is 5.25 Å². The van der Waals surface area contributed by atoms with E-state index in [1.54, 1.807) is 0 Å². The highest BCUT2D eigenvalue weighted by molar-refractivity contribution is 8.00. The zero-order chi connectivity index (χ0) is 16.0. The molecule has 0 aromatic rings. The molecule has 1 unspecified atom stereocenters. The van der Waals surface area contributed by atoms with Crippen molar-refractivity contribution >= 4 is 29.5 Å². The van der Waals surface area contributed by atoms with E-state index in [9.17, 15) is 14.4 Å². The van der Waals surface area contributed by atoms with Crippen LogP contribution in [0, 0.1) is 11.8 Å². The molecule has 0 aromatic carbocycles. The lowest BCUT2D eigenvalue weighted by molar-refractivity contribution is -0.139. The molecule has 21 heavy (non-hydrogen) atoms. The van der Waals surface area contributed by atoms with E-state index >= 15 is 0 Å². The molecule has 5 nitrogen and oxygen atoms in total. The maximum Gasteiger partial charge on any atom is 0.242 e. The minimum atomic E-state index is -0.228. The van der Waals surface area contributed by atoms with Gasteiger partial charge in [-0.05, 0) is 37.9 Å². The SMILES string of the molecule is CC.CSC1CC(=O)N(CC2CCC(C(N)=O)CC2)C1=O. The van der Waals surface area contributed by atoms with Gasteiger partial charge >= 0.3 is 0 Å². The smallest absolute Gasteiger partial charge is 0.242 e. The summed E-state index contributed by atoms with van der Waals surface area (Å²) in [6.45, 7) is 4.51. The molecular formula is C15H26N2O3S. The van der Waals surface area contributed by atoms with E-state index in [0.717, 1.165) is 25.7 Å². The quantitative estimate of drug-likeness (QED) is 0.802. The minimum Gasteiger partial charge on any atom is -0.369 e. The van der Waals surface area contributed by atoms with Gasteiger partial charge in [-0.3, -0.25) is 19.3 Å². The molecule has 0 spiro atoms. The number of carbonyl (C=O) groups is 3. The molecular weight excluding hydrogens is 288 g/mol. The van der Waals surface area contributed by atoms with Gasteiger partial charge in [0.25, 0.3) is 0 Å². The van der Waals surface area contributed by atoms with Crippen LogP contribution in [0.15, 0.2) is 0 Å². The van der Waals surface area contributed by atoms with Crippen LogP contribution in [0.2, 0.25) is 0 Å². The van der Waals surface area contributed by atoms with Gasteiger partial charge < -0.3 is 5.73 Å². The molecule has 0 bridgehead atoms. The lowest BCUT2D eigenvalue weighted by Crippen LogP contribution is -2.38. The molecule has 2 N–H and O–H groups in total. The van der Waals surface area contributed by atoms with Gasteiger partial charge in [0.15, 0.2) is 0 Å². The summed E-state index contributed by atoms with van der Waals surface area (Å²) in [5.41, 5.74) is 5.30. The Bertz CT molecular complexity index is 392. The number of thioether (sulfide) groups is 1. The first-order valence-corrected chi connectivity index (χ1v) is 8.98. The first kappa shape index (κ1) is 18.0. The maximum atomic E-state index is 12.0. The highest BCUT2D eigenvalue weighted by Crippen LogP contribution is 2.31. The number of amides is 3. The Kier molecular flexibility index (Phi) is 7.22. The fraction of sp³-hybridized carbons (Fsp3) is 0.800. The van der Waals surface area contributed by atoms with Gasteiger partial charge in [-0.2, -0.15) is 11.8 Å². The molecule has 6 heteroatoms. The Morgan fingerprint density at radius 2 is 1.81 bits per heavy atom. The topological polar surface area (TPSA) is 80.5 Å². The van der Waals surface area contributed by atoms with Crippen molar-refractivity contribution in [3.05, 3.63) is 0 Å². The Balaban J connectivity index is 0.00000106. The molecule has 1 saturated heterocycles. The van der Waals surface area contributed by atoms with Gasteiger partial charge in [0.2, 0.25) is 17.7 Å². The van der Waals surface area contributed by atoms with E-state index in [1.807, 2.05) is 20.1 Å². The van der Waals surface area contributed by atoms with Crippen LogP contribution in [0.3, 0.4) is 0 Å². The number of hydrogen-bond donors (Lipinski definition) is 1. The van der Waals surface area contributed by atoms with Crippen LogP contribution < -0.4 is 5.73 Å². The summed E-state index contributed by atoms with van der Waals surface area (Å²) in [5, 5.41) is -0.200. The molecule has 2 rings (SSSR count). The predicted molar refractivity (Wildman–Crippen MR) is 84.6 cm³/mol. The third-order valence-electron chi connectivity index (χ3n) is 4.18. The molecule has 1 aliphatic heterocycles. The van der Waals surface area contributed by atoms with E-state index < -0.39 is 0 Å². The number of hydrogen-bond acceptors (Lipinski definition) is 4. The molecule has 1 saturated carbocycles. The van der Waals surface area contributed by atoms with Crippen LogP contribution in [0.25, 0.3) is 0 Å². The third-order valence-corrected chi connectivity index (χ3v) is 5.11. The fourth-order valence-electron chi connectivity index (χ4n) is 2.92. The summed E-state index contributed by atoms with van der Waals surface area (Å²) in [7, 11) is 0. The van der Waals surface area contributed by atoms with E-state index in [4.69, 9.17) is 5.73 Å². The number of carbonyl (C=O) groups excluding carboxylic acids is 3. The highest BCUT2D eigenvalue weighted by Gasteiger charge is 2.39. The zero-order valence-corrected chi connectivity index (χ0v) is 13.9. The van der Waals surface area contributed by atoms with Crippen LogP contribution >= 0.6 is 11.8 Å². The van der Waals surface area contributed by atoms with Crippen molar-refractivity contribution in [1.82, 2.24) is 4.90 Å². The van der Waals surface area contributed by atoms with E-state index in [-0.39, 0.29) is 28.9 Å². The normalized spacial score (nSPS) is 29.1. The van der Waals surface area contributed by atoms with Crippen LogP contribution in [-0.4, -0.2) is 40.7 Å². The average molecular weight is 314 g/mol. The largest absolute Gasteiger partial charge is 0.369 e. The number of nitrogens with zero attached hydrogens (tertiary/aromatic N) is 1. The summed E-state index contributed by atoms with van der Waals surface area (Å²) in [6.07, 6.45) is 5.49. The second-order valence-corrected chi connectivity index (χ2v) is 6.43. The number of primary amides is 1. The molecule has 2 fully saturated rings. The van der Waals surface area contributed by atoms with Crippen molar-refractivity contribution in [1.29, 1.82) is 0 Å². The summed E-state index contributed by atoms with van der Waals surface area (Å²) in [6, 6.07) is 0. The molecule has 2 aliphatic rings. The molecule has 1 aliphatic carbocycles. The van der Waals surface area contributed by atoms with Crippen molar-refractivity contribution in [3.63, 3.8) is 0 Å². The molecule has 3 amide bonds. The zero-order valence-electron chi connectivity index (χ0n) is 13.1. The summed E-state index contributed by atoms with van der Waals surface area (Å²) >= 11 is 1.44. The first-order valence-electron chi connectivity index (χ1n) is 7.69. The van der Waals surface area contributed by atoms with Crippen molar-refractivity contribution in [3.8, 4) is 0 Å². The molecule has 120 valence electrons. The van der Waals surface area contributed by atoms with Gasteiger partial charge in [0, 0.05) is 18.9 Å². The van der Waals surface area contributed by atoms with Crippen molar-refractivity contribution in [2.24, 2.45) is 17.6 Å². The second-order valence-electron chi connectivity index (χ2n) is 5.39. The average Bonchev–Trinajstić information content (AvgIpc) is 2.77. The van der Waals surface area contributed by atoms with Gasteiger partial charge in [-0.1, -0.05) is 13.8 Å². The van der Waals surface area contributed by atoms with E-state index in [0.29, 0.717) is 18.9 Å². The van der Waals surface area contributed by atoms with E-state index in [1.165, 1.54) is 16.7 Å². The van der Waals surface area contributed by atoms with Crippen LogP contribution in [0.4, 0.5) is 0 Å². The standard InChI is InChI=1S/C13H20N2O3S.C2H6/c1-19-10-6-11(16)15(13(10)18)7-8-2-4-9(5-3-8)12(14)17;1-2/h8-10H,2-7H2,1H3,(H2,14,17);1-2H3. The van der Waals surface area contributed by atoms with Gasteiger partial charge in [-0.15, -0.1) is 0 Å². The lowest BCUT2D eigenvalue weighted by atomic mass is 9.81. The monoisotopic (exact) mass is 314 g/mol. The van der Waals surface area contributed by atoms with Crippen molar-refractivity contribution in [2.75, 3.05) is 12.8 Å². The van der Waals surface area contributed by atoms with Crippen LogP contribution in [0.5, 0.6) is 0 Å². The summed E-state index contributed by atoms with van der Waals surface area (Å²) in [4.78, 5) is 36.3. The second kappa shape index (κ2) is 8.41. The number of rotatable bonds is 4.